The lowest BCUT2D eigenvalue weighted by Gasteiger charge is -2.08. The summed E-state index contributed by atoms with van der Waals surface area (Å²) >= 11 is 0. The maximum absolute atomic E-state index is 11.1. The van der Waals surface area contributed by atoms with Crippen LogP contribution in [0.2, 0.25) is 0 Å². The number of aromatic hydroxyl groups is 1. The molecule has 3 amide bonds. The third-order valence-electron chi connectivity index (χ3n) is 7.70. The Morgan fingerprint density at radius 3 is 1.32 bits per heavy atom. The number of aliphatic hydroxyl groups excluding tert-OH is 1. The van der Waals surface area contributed by atoms with Gasteiger partial charge in [0.25, 0.3) is 0 Å². The zero-order valence-electron chi connectivity index (χ0n) is 37.4. The van der Waals surface area contributed by atoms with E-state index in [4.69, 9.17) is 39.6 Å². The number of carbonyl (C=O) groups excluding carboxylic acids is 3. The zero-order valence-corrected chi connectivity index (χ0v) is 37.4. The molecule has 15 heteroatoms. The fourth-order valence-electron chi connectivity index (χ4n) is 4.91. The van der Waals surface area contributed by atoms with E-state index in [1.807, 2.05) is 60.7 Å². The van der Waals surface area contributed by atoms with Gasteiger partial charge in [-0.2, -0.15) is 0 Å². The highest BCUT2D eigenvalue weighted by atomic mass is 16.6. The van der Waals surface area contributed by atoms with Crippen molar-refractivity contribution in [3.63, 3.8) is 0 Å². The minimum Gasteiger partial charge on any atom is -0.508 e. The Morgan fingerprint density at radius 2 is 0.986 bits per heavy atom. The van der Waals surface area contributed by atoms with Crippen LogP contribution in [0.15, 0.2) is 111 Å². The van der Waals surface area contributed by atoms with Gasteiger partial charge in [-0.05, 0) is 91.7 Å². The van der Waals surface area contributed by atoms with Gasteiger partial charge in [0.2, 0.25) is 0 Å². The summed E-state index contributed by atoms with van der Waals surface area (Å²) in [7, 11) is 0. The molecule has 0 aromatic heterocycles. The predicted molar refractivity (Wildman–Crippen MR) is 289 cm³/mol. The minimum atomic E-state index is -0.533. The fourth-order valence-corrected chi connectivity index (χ4v) is 4.91. The first-order valence-electron chi connectivity index (χ1n) is 21.3. The molecule has 1 aliphatic rings. The Kier molecular flexibility index (Phi) is 63.0. The van der Waals surface area contributed by atoms with E-state index in [1.165, 1.54) is 42.2 Å². The number of ether oxygens (including phenoxy) is 6. The lowest BCUT2D eigenvalue weighted by Crippen LogP contribution is -2.28. The van der Waals surface area contributed by atoms with Gasteiger partial charge in [-0.15, -0.1) is 0 Å². The maximum atomic E-state index is 11.1. The predicted octanol–water partition coefficient (Wildman–Crippen LogP) is 11.3. The van der Waals surface area contributed by atoms with E-state index < -0.39 is 18.3 Å². The number of nitrogens with two attached hydrogens (primary N) is 1. The third-order valence-corrected chi connectivity index (χ3v) is 7.70. The Morgan fingerprint density at radius 1 is 0.609 bits per heavy atom. The van der Waals surface area contributed by atoms with E-state index in [2.05, 4.69) is 60.3 Å². The molecule has 398 valence electrons. The zero-order chi connectivity index (χ0) is 46.6. The van der Waals surface area contributed by atoms with Gasteiger partial charge in [-0.1, -0.05) is 146 Å². The van der Waals surface area contributed by atoms with Crippen LogP contribution in [0.1, 0.15) is 101 Å². The highest BCUT2D eigenvalue weighted by Gasteiger charge is 2.02. The van der Waals surface area contributed by atoms with Crippen molar-refractivity contribution in [2.75, 3.05) is 79.0 Å². The van der Waals surface area contributed by atoms with E-state index >= 15 is 0 Å². The molecule has 4 rings (SSSR count). The summed E-state index contributed by atoms with van der Waals surface area (Å²) in [5.74, 6) is 1.96. The largest absolute Gasteiger partial charge is 0.508 e. The summed E-state index contributed by atoms with van der Waals surface area (Å²) < 4.78 is 30.1. The van der Waals surface area contributed by atoms with Gasteiger partial charge in [0.05, 0.1) is 19.7 Å². The molecule has 3 aromatic carbocycles. The van der Waals surface area contributed by atoms with Crippen LogP contribution in [-0.4, -0.2) is 108 Å². The maximum Gasteiger partial charge on any atom is 0.407 e. The molecule has 1 fully saturated rings. The SMILES string of the molecule is C.C.C.C.C.C.C1CCOC1.C=CCOC(=O)NCCO.C=CCOC(=O)NCCOc1cccc(CCC)c1.C=CCOC(=O)NCCOc1cccc(CCN)c1.CCCc1cccc(O)c1. The van der Waals surface area contributed by atoms with E-state index in [9.17, 15) is 14.4 Å². The van der Waals surface area contributed by atoms with Crippen molar-refractivity contribution in [3.05, 3.63) is 127 Å². The van der Waals surface area contributed by atoms with Crippen LogP contribution in [0.3, 0.4) is 0 Å². The topological polar surface area (TPSA) is 209 Å². The number of carbonyl (C=O) groups is 3. The Balaban J connectivity index is -0.000000144. The second-order valence-electron chi connectivity index (χ2n) is 13.2. The number of benzene rings is 3. The first kappa shape index (κ1) is 77.2. The van der Waals surface area contributed by atoms with Crippen molar-refractivity contribution in [1.29, 1.82) is 0 Å². The third kappa shape index (κ3) is 48.2. The summed E-state index contributed by atoms with van der Waals surface area (Å²) in [6.45, 7) is 19.5. The number of nitrogens with one attached hydrogen (secondary N) is 3. The molecular formula is C54H96N4O11. The highest BCUT2D eigenvalue weighted by molar-refractivity contribution is 5.67. The van der Waals surface area contributed by atoms with Crippen LogP contribution in [0, 0.1) is 0 Å². The first-order valence-corrected chi connectivity index (χ1v) is 21.3. The molecule has 0 bridgehead atoms. The molecule has 0 unspecified atom stereocenters. The minimum absolute atomic E-state index is 0. The van der Waals surface area contributed by atoms with Crippen LogP contribution in [0.5, 0.6) is 17.2 Å². The van der Waals surface area contributed by atoms with Crippen molar-refractivity contribution in [3.8, 4) is 17.2 Å². The lowest BCUT2D eigenvalue weighted by molar-refractivity contribution is 0.154. The quantitative estimate of drug-likeness (QED) is 0.0316. The first-order chi connectivity index (χ1) is 30.6. The number of aryl methyl sites for hydroxylation is 2. The van der Waals surface area contributed by atoms with Crippen LogP contribution in [0.25, 0.3) is 0 Å². The van der Waals surface area contributed by atoms with Gasteiger partial charge in [-0.25, -0.2) is 14.4 Å². The molecule has 7 N–H and O–H groups in total. The molecule has 1 aliphatic heterocycles. The van der Waals surface area contributed by atoms with Crippen molar-refractivity contribution >= 4 is 18.3 Å². The second-order valence-corrected chi connectivity index (χ2v) is 13.2. The summed E-state index contributed by atoms with van der Waals surface area (Å²) in [6, 6.07) is 23.2. The summed E-state index contributed by atoms with van der Waals surface area (Å²) in [5.41, 5.74) is 9.11. The van der Waals surface area contributed by atoms with Gasteiger partial charge in [-0.3, -0.25) is 0 Å². The van der Waals surface area contributed by atoms with Gasteiger partial charge in [0.15, 0.2) is 0 Å². The van der Waals surface area contributed by atoms with E-state index in [0.29, 0.717) is 38.6 Å². The van der Waals surface area contributed by atoms with Gasteiger partial charge in [0, 0.05) is 19.8 Å². The van der Waals surface area contributed by atoms with E-state index in [0.717, 1.165) is 62.4 Å². The summed E-state index contributed by atoms with van der Waals surface area (Å²) in [5, 5.41) is 24.8. The van der Waals surface area contributed by atoms with Crippen molar-refractivity contribution in [1.82, 2.24) is 16.0 Å². The lowest BCUT2D eigenvalue weighted by atomic mass is 10.1. The molecule has 15 nitrogen and oxygen atoms in total. The molecule has 3 aromatic rings. The number of hydrogen-bond donors (Lipinski definition) is 6. The molecule has 0 aliphatic carbocycles. The fraction of sp³-hybridized carbons (Fsp3) is 0.500. The van der Waals surface area contributed by atoms with Gasteiger partial charge >= 0.3 is 18.3 Å². The number of rotatable bonds is 22. The van der Waals surface area contributed by atoms with Crippen LogP contribution in [0.4, 0.5) is 14.4 Å². The second kappa shape index (κ2) is 56.3. The number of amides is 3. The average Bonchev–Trinajstić information content (AvgIpc) is 3.89. The number of alkyl carbamates (subject to hydrolysis) is 3. The molecule has 0 radical (unpaired) electrons. The Bertz CT molecular complexity index is 1570. The monoisotopic (exact) mass is 977 g/mol. The number of phenolic OH excluding ortho intramolecular Hbond substituents is 1. The normalized spacial score (nSPS) is 9.74. The standard InChI is InChI=1S/C15H21NO3.C14H20N2O3.C9H12O.C6H11NO3.C4H8O.6CH4/c1-3-6-13-7-5-8-14(12-13)18-11-9-16-15(17)19-10-4-2;1-2-9-19-14(17)16-8-10-18-13-5-3-4-12(11-13)6-7-15;1-2-4-8-5-3-6-9(10)7-8;1-2-5-10-6(9)7-3-4-8;1-2-4-5-3-1;;;;;;/h4-5,7-8,12H,2-3,6,9-11H2,1H3,(H,16,17);2-5,11H,1,6-10,15H2,(H,16,17);3,5-7,10H,2,4H2,1H3;2,8H,1,3-5H2,(H,7,9);1-4H2;6*1H4. The molecule has 0 spiro atoms. The average molecular weight is 977 g/mol. The molecular weight excluding hydrogens is 881 g/mol. The van der Waals surface area contributed by atoms with E-state index in [1.54, 1.807) is 6.07 Å². The highest BCUT2D eigenvalue weighted by Crippen LogP contribution is 2.15. The van der Waals surface area contributed by atoms with Crippen LogP contribution in [-0.2, 0) is 38.2 Å². The van der Waals surface area contributed by atoms with Gasteiger partial charge < -0.3 is 60.3 Å². The summed E-state index contributed by atoms with van der Waals surface area (Å²) in [4.78, 5) is 32.7. The van der Waals surface area contributed by atoms with Gasteiger partial charge in [0.1, 0.15) is 50.3 Å². The van der Waals surface area contributed by atoms with Crippen molar-refractivity contribution < 1.29 is 53.0 Å². The number of hydrogen-bond acceptors (Lipinski definition) is 12. The van der Waals surface area contributed by atoms with Crippen molar-refractivity contribution in [2.24, 2.45) is 5.73 Å². The molecule has 0 saturated carbocycles. The van der Waals surface area contributed by atoms with Crippen LogP contribution >= 0.6 is 0 Å². The molecule has 1 heterocycles. The Hall–Kier alpha value is -6.03. The number of aliphatic hydroxyl groups is 1. The molecule has 69 heavy (non-hydrogen) atoms. The molecule has 0 atom stereocenters. The van der Waals surface area contributed by atoms with Crippen molar-refractivity contribution in [2.45, 2.75) is 103 Å². The van der Waals surface area contributed by atoms with E-state index in [-0.39, 0.29) is 77.5 Å². The Labute approximate surface area is 418 Å². The smallest absolute Gasteiger partial charge is 0.407 e. The summed E-state index contributed by atoms with van der Waals surface area (Å²) in [6.07, 6.45) is 10.8. The number of phenols is 1. The van der Waals surface area contributed by atoms with Crippen LogP contribution < -0.4 is 31.2 Å². The molecule has 1 saturated heterocycles.